The zero-order chi connectivity index (χ0) is 22.3. The fourth-order valence-electron chi connectivity index (χ4n) is 4.68. The van der Waals surface area contributed by atoms with E-state index in [4.69, 9.17) is 15.9 Å². The van der Waals surface area contributed by atoms with Gasteiger partial charge in [-0.05, 0) is 72.1 Å². The van der Waals surface area contributed by atoms with Crippen molar-refractivity contribution >= 4 is 17.4 Å². The van der Waals surface area contributed by atoms with Crippen LogP contribution < -0.4 is 10.5 Å². The number of allylic oxidation sites excluding steroid dienone is 2. The van der Waals surface area contributed by atoms with Gasteiger partial charge in [0.1, 0.15) is 11.9 Å². The van der Waals surface area contributed by atoms with Crippen molar-refractivity contribution in [3.8, 4) is 5.75 Å². The van der Waals surface area contributed by atoms with Crippen molar-refractivity contribution in [1.82, 2.24) is 4.90 Å². The smallest absolute Gasteiger partial charge is 0.119 e. The third kappa shape index (κ3) is 5.10. The van der Waals surface area contributed by atoms with Crippen molar-refractivity contribution in [2.45, 2.75) is 38.2 Å². The van der Waals surface area contributed by atoms with Gasteiger partial charge < -0.3 is 15.9 Å². The third-order valence-corrected chi connectivity index (χ3v) is 6.37. The van der Waals surface area contributed by atoms with Crippen LogP contribution in [-0.4, -0.2) is 43.5 Å². The maximum Gasteiger partial charge on any atom is 0.119 e. The number of hydrogen-bond acceptors (Lipinski definition) is 4. The first-order valence-electron chi connectivity index (χ1n) is 11.5. The van der Waals surface area contributed by atoms with E-state index in [2.05, 4.69) is 47.4 Å². The number of hydrogen-bond donors (Lipinski definition) is 2. The van der Waals surface area contributed by atoms with Crippen molar-refractivity contribution in [3.05, 3.63) is 77.0 Å². The molecule has 1 unspecified atom stereocenters. The molecular weight excluding hydrogens is 401 g/mol. The Morgan fingerprint density at radius 2 is 2.06 bits per heavy atom. The molecule has 0 aromatic heterocycles. The highest BCUT2D eigenvalue weighted by Gasteiger charge is 2.23. The van der Waals surface area contributed by atoms with Gasteiger partial charge in [-0.3, -0.25) is 9.29 Å². The van der Waals surface area contributed by atoms with Gasteiger partial charge in [-0.25, -0.2) is 0 Å². The van der Waals surface area contributed by atoms with Gasteiger partial charge in [-0.1, -0.05) is 36.4 Å². The Labute approximate surface area is 190 Å². The molecule has 0 saturated carbocycles. The van der Waals surface area contributed by atoms with E-state index in [1.54, 1.807) is 0 Å². The van der Waals surface area contributed by atoms with E-state index < -0.39 is 0 Å². The first-order valence-corrected chi connectivity index (χ1v) is 11.5. The van der Waals surface area contributed by atoms with Gasteiger partial charge in [-0.2, -0.15) is 0 Å². The molecule has 4 nitrogen and oxygen atoms in total. The fraction of sp³-hybridized carbons (Fsp3) is 0.370. The highest BCUT2D eigenvalue weighted by Crippen LogP contribution is 2.33. The van der Waals surface area contributed by atoms with Gasteiger partial charge in [0.05, 0.1) is 6.67 Å². The van der Waals surface area contributed by atoms with E-state index in [9.17, 15) is 4.39 Å². The number of benzene rings is 2. The monoisotopic (exact) mass is 433 g/mol. The standard InChI is InChI=1S/C27H32FN3O/c28-13-3-14-31-15-12-25(19-31)32-24-9-6-20(7-10-24)26-5-2-1-4-22-16-21(8-11-27(22)26)23(17-29)18-30/h5-11,16-18,25,29H,1-4,12-15,19,30H2/b23-18+,29-17?. The number of likely N-dealkylation sites (tertiary alicyclic amines) is 1. The molecule has 5 heteroatoms. The summed E-state index contributed by atoms with van der Waals surface area (Å²) < 4.78 is 18.6. The Hall–Kier alpha value is -2.92. The molecule has 2 aromatic rings. The highest BCUT2D eigenvalue weighted by atomic mass is 19.1. The van der Waals surface area contributed by atoms with Crippen molar-refractivity contribution in [3.63, 3.8) is 0 Å². The van der Waals surface area contributed by atoms with Gasteiger partial charge in [0, 0.05) is 37.6 Å². The van der Waals surface area contributed by atoms with Crippen molar-refractivity contribution in [2.24, 2.45) is 5.73 Å². The number of nitrogens with zero attached hydrogens (tertiary/aromatic N) is 1. The van der Waals surface area contributed by atoms with Gasteiger partial charge >= 0.3 is 0 Å². The first-order chi connectivity index (χ1) is 15.7. The number of alkyl halides is 1. The number of rotatable bonds is 8. The molecule has 1 fully saturated rings. The summed E-state index contributed by atoms with van der Waals surface area (Å²) in [4.78, 5) is 2.28. The Balaban J connectivity index is 1.49. The molecule has 1 atom stereocenters. The number of aryl methyl sites for hydroxylation is 1. The van der Waals surface area contributed by atoms with Gasteiger partial charge in [0.2, 0.25) is 0 Å². The minimum absolute atomic E-state index is 0.176. The minimum atomic E-state index is -0.253. The van der Waals surface area contributed by atoms with Crippen molar-refractivity contribution < 1.29 is 9.13 Å². The lowest BCUT2D eigenvalue weighted by molar-refractivity contribution is 0.198. The molecular formula is C27H32FN3O. The number of nitrogens with one attached hydrogen (secondary N) is 1. The maximum absolute atomic E-state index is 12.4. The molecule has 32 heavy (non-hydrogen) atoms. The van der Waals surface area contributed by atoms with Crippen LogP contribution in [-0.2, 0) is 6.42 Å². The second kappa shape index (κ2) is 10.6. The van der Waals surface area contributed by atoms with E-state index in [1.165, 1.54) is 34.7 Å². The number of fused-ring (bicyclic) bond motifs is 1. The molecule has 1 heterocycles. The molecule has 0 radical (unpaired) electrons. The summed E-state index contributed by atoms with van der Waals surface area (Å²) in [5.41, 5.74) is 12.4. The lowest BCUT2D eigenvalue weighted by Crippen LogP contribution is -2.26. The van der Waals surface area contributed by atoms with E-state index in [0.29, 0.717) is 6.42 Å². The lowest BCUT2D eigenvalue weighted by atomic mass is 9.91. The number of nitrogens with two attached hydrogens (primary N) is 1. The van der Waals surface area contributed by atoms with Crippen LogP contribution >= 0.6 is 0 Å². The van der Waals surface area contributed by atoms with Crippen molar-refractivity contribution in [2.75, 3.05) is 26.3 Å². The SMILES string of the molecule is N=C/C(=C\N)c1ccc2c(c1)CCCC=C2c1ccc(OC2CCN(CCCF)C2)cc1. The summed E-state index contributed by atoms with van der Waals surface area (Å²) in [6.07, 6.45) is 10.1. The zero-order valence-electron chi connectivity index (χ0n) is 18.5. The van der Waals surface area contributed by atoms with Gasteiger partial charge in [-0.15, -0.1) is 0 Å². The summed E-state index contributed by atoms with van der Waals surface area (Å²) in [6.45, 7) is 2.41. The molecule has 168 valence electrons. The van der Waals surface area contributed by atoms with Crippen LogP contribution in [0.4, 0.5) is 4.39 Å². The molecule has 1 aliphatic carbocycles. The Morgan fingerprint density at radius 3 is 2.81 bits per heavy atom. The second-order valence-corrected chi connectivity index (χ2v) is 8.54. The molecule has 2 aliphatic rings. The Bertz CT molecular complexity index is 996. The summed E-state index contributed by atoms with van der Waals surface area (Å²) in [7, 11) is 0. The fourth-order valence-corrected chi connectivity index (χ4v) is 4.68. The van der Waals surface area contributed by atoms with E-state index >= 15 is 0 Å². The number of ether oxygens (including phenoxy) is 1. The first kappa shape index (κ1) is 22.3. The van der Waals surface area contributed by atoms with E-state index in [0.717, 1.165) is 62.2 Å². The molecule has 0 spiro atoms. The Morgan fingerprint density at radius 1 is 1.22 bits per heavy atom. The normalized spacial score (nSPS) is 19.2. The predicted molar refractivity (Wildman–Crippen MR) is 130 cm³/mol. The summed E-state index contributed by atoms with van der Waals surface area (Å²) in [5, 5.41) is 7.58. The van der Waals surface area contributed by atoms with Gasteiger partial charge in [0.15, 0.2) is 0 Å². The highest BCUT2D eigenvalue weighted by molar-refractivity contribution is 6.08. The number of halogens is 1. The summed E-state index contributed by atoms with van der Waals surface area (Å²) in [6, 6.07) is 14.8. The molecule has 4 rings (SSSR count). The zero-order valence-corrected chi connectivity index (χ0v) is 18.5. The lowest BCUT2D eigenvalue weighted by Gasteiger charge is -2.17. The average Bonchev–Trinajstić information content (AvgIpc) is 3.16. The van der Waals surface area contributed by atoms with Crippen molar-refractivity contribution in [1.29, 1.82) is 5.41 Å². The average molecular weight is 434 g/mol. The topological polar surface area (TPSA) is 62.3 Å². The van der Waals surface area contributed by atoms with Crippen LogP contribution in [0.1, 0.15) is 47.9 Å². The summed E-state index contributed by atoms with van der Waals surface area (Å²) >= 11 is 0. The second-order valence-electron chi connectivity index (χ2n) is 8.54. The minimum Gasteiger partial charge on any atom is -0.489 e. The molecule has 0 amide bonds. The Kier molecular flexibility index (Phi) is 7.38. The molecule has 3 N–H and O–H groups in total. The van der Waals surface area contributed by atoms with Crippen LogP contribution in [0, 0.1) is 5.41 Å². The van der Waals surface area contributed by atoms with Crippen LogP contribution in [0.2, 0.25) is 0 Å². The van der Waals surface area contributed by atoms with Crippen LogP contribution in [0.15, 0.2) is 54.7 Å². The van der Waals surface area contributed by atoms with E-state index in [1.807, 2.05) is 6.07 Å². The third-order valence-electron chi connectivity index (χ3n) is 6.37. The molecule has 1 aliphatic heterocycles. The molecule has 0 bridgehead atoms. The molecule has 2 aromatic carbocycles. The predicted octanol–water partition coefficient (Wildman–Crippen LogP) is 5.22. The summed E-state index contributed by atoms with van der Waals surface area (Å²) in [5.74, 6) is 0.889. The quantitative estimate of drug-likeness (QED) is 0.561. The van der Waals surface area contributed by atoms with E-state index in [-0.39, 0.29) is 12.8 Å². The van der Waals surface area contributed by atoms with Crippen LogP contribution in [0.25, 0.3) is 11.1 Å². The molecule has 1 saturated heterocycles. The largest absolute Gasteiger partial charge is 0.489 e. The van der Waals surface area contributed by atoms with Crippen LogP contribution in [0.5, 0.6) is 5.75 Å². The van der Waals surface area contributed by atoms with Gasteiger partial charge in [0.25, 0.3) is 0 Å². The van der Waals surface area contributed by atoms with Crippen LogP contribution in [0.3, 0.4) is 0 Å². The maximum atomic E-state index is 12.4.